The van der Waals surface area contributed by atoms with Crippen LogP contribution in [0.15, 0.2) is 48.5 Å². The van der Waals surface area contributed by atoms with Gasteiger partial charge in [0, 0.05) is 11.7 Å². The molecule has 25 heavy (non-hydrogen) atoms. The number of para-hydroxylation sites is 1. The number of benzene rings is 2. The molecule has 2 rings (SSSR count). The van der Waals surface area contributed by atoms with Crippen molar-refractivity contribution < 1.29 is 9.59 Å². The van der Waals surface area contributed by atoms with E-state index in [9.17, 15) is 9.59 Å². The highest BCUT2D eigenvalue weighted by Gasteiger charge is 2.14. The summed E-state index contributed by atoms with van der Waals surface area (Å²) in [5.74, 6) is 0.117. The maximum Gasteiger partial charge on any atom is 0.319 e. The first-order valence-corrected chi connectivity index (χ1v) is 8.44. The van der Waals surface area contributed by atoms with Gasteiger partial charge >= 0.3 is 6.03 Å². The average molecular weight is 339 g/mol. The van der Waals surface area contributed by atoms with Crippen LogP contribution in [0.3, 0.4) is 0 Å². The van der Waals surface area contributed by atoms with E-state index in [1.165, 1.54) is 0 Å². The third kappa shape index (κ3) is 5.35. The van der Waals surface area contributed by atoms with E-state index in [4.69, 9.17) is 0 Å². The van der Waals surface area contributed by atoms with Gasteiger partial charge in [-0.2, -0.15) is 0 Å². The Balaban J connectivity index is 2.17. The Bertz CT molecular complexity index is 754. The highest BCUT2D eigenvalue weighted by molar-refractivity contribution is 6.10. The Kier molecular flexibility index (Phi) is 6.17. The van der Waals surface area contributed by atoms with Gasteiger partial charge in [0.05, 0.1) is 11.3 Å². The van der Waals surface area contributed by atoms with E-state index in [-0.39, 0.29) is 18.0 Å². The number of hydrogen-bond acceptors (Lipinski definition) is 2. The average Bonchev–Trinajstić information content (AvgIpc) is 2.54. The van der Waals surface area contributed by atoms with E-state index in [1.54, 1.807) is 24.3 Å². The van der Waals surface area contributed by atoms with Crippen molar-refractivity contribution in [3.8, 4) is 0 Å². The second-order valence-corrected chi connectivity index (χ2v) is 6.53. The van der Waals surface area contributed by atoms with Gasteiger partial charge in [0.25, 0.3) is 5.91 Å². The molecular formula is C20H25N3O2. The molecule has 2 aromatic rings. The molecule has 0 radical (unpaired) electrons. The molecule has 0 unspecified atom stereocenters. The predicted octanol–water partition coefficient (Wildman–Crippen LogP) is 4.59. The number of urea groups is 1. The van der Waals surface area contributed by atoms with Crippen molar-refractivity contribution in [3.05, 3.63) is 59.7 Å². The van der Waals surface area contributed by atoms with Crippen molar-refractivity contribution in [1.29, 1.82) is 0 Å². The smallest absolute Gasteiger partial charge is 0.319 e. The fourth-order valence-corrected chi connectivity index (χ4v) is 2.38. The lowest BCUT2D eigenvalue weighted by Crippen LogP contribution is -2.34. The van der Waals surface area contributed by atoms with Crippen molar-refractivity contribution in [3.63, 3.8) is 0 Å². The first-order chi connectivity index (χ1) is 11.9. The monoisotopic (exact) mass is 339 g/mol. The molecule has 0 heterocycles. The highest BCUT2D eigenvalue weighted by Crippen LogP contribution is 2.21. The van der Waals surface area contributed by atoms with Crippen LogP contribution in [0.4, 0.5) is 16.2 Å². The zero-order valence-electron chi connectivity index (χ0n) is 15.1. The molecule has 0 aliphatic carbocycles. The van der Waals surface area contributed by atoms with Gasteiger partial charge in [-0.05, 0) is 49.6 Å². The topological polar surface area (TPSA) is 70.2 Å². The van der Waals surface area contributed by atoms with Crippen LogP contribution in [0, 0.1) is 0 Å². The van der Waals surface area contributed by atoms with Gasteiger partial charge in [-0.15, -0.1) is 0 Å². The summed E-state index contributed by atoms with van der Waals surface area (Å²) in [6.45, 7) is 7.96. The molecular weight excluding hydrogens is 314 g/mol. The van der Waals surface area contributed by atoms with Crippen LogP contribution in [-0.2, 0) is 0 Å². The fraction of sp³-hybridized carbons (Fsp3) is 0.300. The van der Waals surface area contributed by atoms with Crippen molar-refractivity contribution >= 4 is 23.3 Å². The molecule has 3 amide bonds. The standard InChI is InChI=1S/C20H25N3O2/c1-13(2)15-8-7-9-16(12-15)22-19(24)17-10-5-6-11-18(17)23-20(25)21-14(3)4/h5-14H,1-4H3,(H,22,24)(H2,21,23,25). The molecule has 0 aliphatic heterocycles. The summed E-state index contributed by atoms with van der Waals surface area (Å²) in [7, 11) is 0. The van der Waals surface area contributed by atoms with Crippen LogP contribution in [0.25, 0.3) is 0 Å². The zero-order chi connectivity index (χ0) is 18.4. The van der Waals surface area contributed by atoms with Crippen molar-refractivity contribution in [2.75, 3.05) is 10.6 Å². The summed E-state index contributed by atoms with van der Waals surface area (Å²) in [5.41, 5.74) is 2.77. The molecule has 0 saturated heterocycles. The Morgan fingerprint density at radius 3 is 2.28 bits per heavy atom. The first kappa shape index (κ1) is 18.5. The Hall–Kier alpha value is -2.82. The summed E-state index contributed by atoms with van der Waals surface area (Å²) < 4.78 is 0. The minimum Gasteiger partial charge on any atom is -0.336 e. The van der Waals surface area contributed by atoms with Gasteiger partial charge < -0.3 is 16.0 Å². The molecule has 5 nitrogen and oxygen atoms in total. The van der Waals surface area contributed by atoms with Crippen molar-refractivity contribution in [1.82, 2.24) is 5.32 Å². The van der Waals surface area contributed by atoms with E-state index in [1.807, 2.05) is 38.1 Å². The minimum absolute atomic E-state index is 0.0137. The third-order valence-corrected chi connectivity index (χ3v) is 3.65. The molecule has 0 aliphatic rings. The molecule has 0 bridgehead atoms. The van der Waals surface area contributed by atoms with Crippen LogP contribution in [-0.4, -0.2) is 18.0 Å². The summed E-state index contributed by atoms with van der Waals surface area (Å²) in [6, 6.07) is 14.4. The number of nitrogens with one attached hydrogen (secondary N) is 3. The largest absolute Gasteiger partial charge is 0.336 e. The Morgan fingerprint density at radius 1 is 0.880 bits per heavy atom. The second kappa shape index (κ2) is 8.33. The Morgan fingerprint density at radius 2 is 1.60 bits per heavy atom. The second-order valence-electron chi connectivity index (χ2n) is 6.53. The number of rotatable bonds is 5. The number of amides is 3. The van der Waals surface area contributed by atoms with Crippen LogP contribution < -0.4 is 16.0 Å². The highest BCUT2D eigenvalue weighted by atomic mass is 16.2. The van der Waals surface area contributed by atoms with E-state index in [0.29, 0.717) is 17.2 Å². The summed E-state index contributed by atoms with van der Waals surface area (Å²) >= 11 is 0. The maximum atomic E-state index is 12.6. The van der Waals surface area contributed by atoms with Crippen molar-refractivity contribution in [2.24, 2.45) is 0 Å². The van der Waals surface area contributed by atoms with Crippen LogP contribution >= 0.6 is 0 Å². The van der Waals surface area contributed by atoms with Crippen LogP contribution in [0.5, 0.6) is 0 Å². The van der Waals surface area contributed by atoms with E-state index < -0.39 is 0 Å². The third-order valence-electron chi connectivity index (χ3n) is 3.65. The van der Waals surface area contributed by atoms with Gasteiger partial charge in [0.2, 0.25) is 0 Å². The zero-order valence-corrected chi connectivity index (χ0v) is 15.1. The number of carbonyl (C=O) groups is 2. The van der Waals surface area contributed by atoms with E-state index >= 15 is 0 Å². The quantitative estimate of drug-likeness (QED) is 0.745. The maximum absolute atomic E-state index is 12.6. The van der Waals surface area contributed by atoms with E-state index in [2.05, 4.69) is 29.8 Å². The molecule has 0 aromatic heterocycles. The summed E-state index contributed by atoms with van der Waals surface area (Å²) in [5, 5.41) is 8.37. The van der Waals surface area contributed by atoms with Gasteiger partial charge in [0.15, 0.2) is 0 Å². The SMILES string of the molecule is CC(C)NC(=O)Nc1ccccc1C(=O)Nc1cccc(C(C)C)c1. The van der Waals surface area contributed by atoms with Gasteiger partial charge in [-0.25, -0.2) is 4.79 Å². The predicted molar refractivity (Wildman–Crippen MR) is 102 cm³/mol. The van der Waals surface area contributed by atoms with Crippen molar-refractivity contribution in [2.45, 2.75) is 39.7 Å². The molecule has 0 atom stereocenters. The summed E-state index contributed by atoms with van der Waals surface area (Å²) in [4.78, 5) is 24.6. The van der Waals surface area contributed by atoms with Gasteiger partial charge in [0.1, 0.15) is 0 Å². The van der Waals surface area contributed by atoms with Gasteiger partial charge in [-0.3, -0.25) is 4.79 Å². The molecule has 3 N–H and O–H groups in total. The Labute approximate surface area is 148 Å². The lowest BCUT2D eigenvalue weighted by molar-refractivity contribution is 0.102. The lowest BCUT2D eigenvalue weighted by Gasteiger charge is -2.14. The lowest BCUT2D eigenvalue weighted by atomic mass is 10.0. The molecule has 0 spiro atoms. The number of anilines is 2. The summed E-state index contributed by atoms with van der Waals surface area (Å²) in [6.07, 6.45) is 0. The molecule has 0 fully saturated rings. The van der Waals surface area contributed by atoms with Crippen LogP contribution in [0.1, 0.15) is 49.5 Å². The molecule has 132 valence electrons. The first-order valence-electron chi connectivity index (χ1n) is 8.44. The minimum atomic E-state index is -0.336. The van der Waals surface area contributed by atoms with Crippen LogP contribution in [0.2, 0.25) is 0 Å². The fourth-order valence-electron chi connectivity index (χ4n) is 2.38. The number of hydrogen-bond donors (Lipinski definition) is 3. The van der Waals surface area contributed by atoms with Gasteiger partial charge in [-0.1, -0.05) is 38.1 Å². The molecule has 2 aromatic carbocycles. The number of carbonyl (C=O) groups excluding carboxylic acids is 2. The normalized spacial score (nSPS) is 10.6. The van der Waals surface area contributed by atoms with E-state index in [0.717, 1.165) is 11.3 Å². The molecule has 0 saturated carbocycles. The molecule has 5 heteroatoms.